The zero-order valence-corrected chi connectivity index (χ0v) is 20.9. The summed E-state index contributed by atoms with van der Waals surface area (Å²) >= 11 is 8.09. The molecule has 0 aliphatic heterocycles. The monoisotopic (exact) mass is 457 g/mol. The van der Waals surface area contributed by atoms with Crippen molar-refractivity contribution in [1.82, 2.24) is 4.90 Å². The Hall–Kier alpha value is -1.88. The van der Waals surface area contributed by atoms with E-state index in [9.17, 15) is 4.79 Å². The molecule has 3 nitrogen and oxygen atoms in total. The molecular formula is C26H34ClN2OS+. The van der Waals surface area contributed by atoms with Gasteiger partial charge >= 0.3 is 0 Å². The van der Waals surface area contributed by atoms with Gasteiger partial charge in [-0.05, 0) is 40.7 Å². The van der Waals surface area contributed by atoms with Gasteiger partial charge in [0.1, 0.15) is 11.4 Å². The van der Waals surface area contributed by atoms with Crippen molar-refractivity contribution >= 4 is 38.9 Å². The lowest BCUT2D eigenvalue weighted by atomic mass is 10.1. The number of quaternary nitrogens is 1. The van der Waals surface area contributed by atoms with Gasteiger partial charge in [-0.25, -0.2) is 0 Å². The number of halogens is 1. The van der Waals surface area contributed by atoms with Crippen LogP contribution in [-0.4, -0.2) is 48.0 Å². The molecule has 1 heterocycles. The summed E-state index contributed by atoms with van der Waals surface area (Å²) in [6.07, 6.45) is 0. The lowest BCUT2D eigenvalue weighted by Crippen LogP contribution is -2.51. The number of carbonyl (C=O) groups is 1. The molecule has 1 amide bonds. The third-order valence-corrected chi connectivity index (χ3v) is 8.05. The Morgan fingerprint density at radius 2 is 1.68 bits per heavy atom. The molecular weight excluding hydrogens is 424 g/mol. The minimum absolute atomic E-state index is 0.0467. The third-order valence-electron chi connectivity index (χ3n) is 6.38. The Balaban J connectivity index is 1.78. The summed E-state index contributed by atoms with van der Waals surface area (Å²) in [5.41, 5.74) is 4.00. The average Bonchev–Trinajstić information content (AvgIpc) is 3.09. The molecule has 1 aromatic heterocycles. The maximum atomic E-state index is 13.4. The Kier molecular flexibility index (Phi) is 7.79. The fourth-order valence-corrected chi connectivity index (χ4v) is 5.90. The van der Waals surface area contributed by atoms with Crippen LogP contribution in [0, 0.1) is 13.8 Å². The van der Waals surface area contributed by atoms with Crippen molar-refractivity contribution in [3.63, 3.8) is 0 Å². The van der Waals surface area contributed by atoms with Crippen molar-refractivity contribution in [2.75, 3.05) is 32.7 Å². The molecule has 0 unspecified atom stereocenters. The van der Waals surface area contributed by atoms with E-state index >= 15 is 0 Å². The second kappa shape index (κ2) is 10.2. The van der Waals surface area contributed by atoms with Crippen molar-refractivity contribution in [2.24, 2.45) is 0 Å². The maximum absolute atomic E-state index is 13.4. The highest BCUT2D eigenvalue weighted by atomic mass is 35.5. The van der Waals surface area contributed by atoms with Crippen LogP contribution in [0.1, 0.15) is 47.1 Å². The van der Waals surface area contributed by atoms with E-state index < -0.39 is 0 Å². The molecule has 0 bridgehead atoms. The number of thiophene rings is 1. The Bertz CT molecular complexity index is 1030. The number of rotatable bonds is 9. The summed E-state index contributed by atoms with van der Waals surface area (Å²) in [7, 11) is 0. The minimum Gasteiger partial charge on any atom is -0.333 e. The van der Waals surface area contributed by atoms with Crippen LogP contribution >= 0.6 is 22.9 Å². The lowest BCUT2D eigenvalue weighted by Gasteiger charge is -2.38. The van der Waals surface area contributed by atoms with Crippen LogP contribution in [0.5, 0.6) is 0 Å². The molecule has 31 heavy (non-hydrogen) atoms. The normalized spacial score (nSPS) is 11.8. The third kappa shape index (κ3) is 5.31. The summed E-state index contributed by atoms with van der Waals surface area (Å²) in [6, 6.07) is 14.8. The minimum atomic E-state index is 0.0467. The summed E-state index contributed by atoms with van der Waals surface area (Å²) in [5, 5.41) is 1.56. The number of fused-ring (bicyclic) bond motifs is 1. The predicted octanol–water partition coefficient (Wildman–Crippen LogP) is 6.69. The van der Waals surface area contributed by atoms with Gasteiger partial charge in [0, 0.05) is 22.2 Å². The Labute approximate surface area is 195 Å². The summed E-state index contributed by atoms with van der Waals surface area (Å²) in [4.78, 5) is 16.0. The molecule has 3 rings (SSSR count). The van der Waals surface area contributed by atoms with Gasteiger partial charge < -0.3 is 9.38 Å². The van der Waals surface area contributed by atoms with E-state index in [-0.39, 0.29) is 5.91 Å². The first kappa shape index (κ1) is 23.8. The number of aryl methyl sites for hydroxylation is 2. The maximum Gasteiger partial charge on any atom is 0.265 e. The van der Waals surface area contributed by atoms with Gasteiger partial charge in [0.2, 0.25) is 0 Å². The quantitative estimate of drug-likeness (QED) is 0.328. The number of carbonyl (C=O) groups excluding carboxylic acids is 1. The van der Waals surface area contributed by atoms with Crippen LogP contribution in [0.2, 0.25) is 5.02 Å². The van der Waals surface area contributed by atoms with Gasteiger partial charge in [-0.1, -0.05) is 59.1 Å². The smallest absolute Gasteiger partial charge is 0.265 e. The van der Waals surface area contributed by atoms with Crippen molar-refractivity contribution in [1.29, 1.82) is 0 Å². The largest absolute Gasteiger partial charge is 0.333 e. The second-order valence-corrected chi connectivity index (χ2v) is 9.91. The number of hydrogen-bond donors (Lipinski definition) is 0. The molecule has 2 aromatic carbocycles. The van der Waals surface area contributed by atoms with Gasteiger partial charge in [0.15, 0.2) is 0 Å². The van der Waals surface area contributed by atoms with E-state index in [1.165, 1.54) is 28.0 Å². The van der Waals surface area contributed by atoms with Crippen LogP contribution in [0.3, 0.4) is 0 Å². The predicted molar refractivity (Wildman–Crippen MR) is 134 cm³/mol. The molecule has 0 radical (unpaired) electrons. The number of likely N-dealkylation sites (N-methyl/N-ethyl adjacent to an activating group) is 2. The fourth-order valence-electron chi connectivity index (χ4n) is 4.42. The summed E-state index contributed by atoms with van der Waals surface area (Å²) in [5.74, 6) is 0.0467. The molecule has 0 aliphatic carbocycles. The SMILES string of the molecule is CCN(CC[N+](CC)(CC)Cc1cc(C)cc(C)c1)C(=O)c1sc2ccccc2c1Cl. The standard InChI is InChI=1S/C26H34ClN2OS/c1-6-28(26(30)25-24(27)22-11-9-10-12-23(22)31-25)13-14-29(7-2,8-3)18-21-16-19(4)15-20(5)17-21/h9-12,15-17H,6-8,13-14,18H2,1-5H3/q+1. The zero-order valence-electron chi connectivity index (χ0n) is 19.4. The molecule has 0 fully saturated rings. The van der Waals surface area contributed by atoms with Crippen LogP contribution in [0.15, 0.2) is 42.5 Å². The van der Waals surface area contributed by atoms with Crippen LogP contribution in [0.4, 0.5) is 0 Å². The van der Waals surface area contributed by atoms with Gasteiger partial charge in [0.25, 0.3) is 5.91 Å². The number of benzene rings is 2. The van der Waals surface area contributed by atoms with E-state index in [4.69, 9.17) is 11.6 Å². The lowest BCUT2D eigenvalue weighted by molar-refractivity contribution is -0.937. The van der Waals surface area contributed by atoms with Crippen LogP contribution in [0.25, 0.3) is 10.1 Å². The molecule has 0 saturated heterocycles. The molecule has 0 spiro atoms. The molecule has 5 heteroatoms. The molecule has 166 valence electrons. The van der Waals surface area contributed by atoms with E-state index in [0.29, 0.717) is 16.4 Å². The van der Waals surface area contributed by atoms with E-state index in [2.05, 4.69) is 52.8 Å². The average molecular weight is 458 g/mol. The number of hydrogen-bond acceptors (Lipinski definition) is 2. The van der Waals surface area contributed by atoms with Crippen LogP contribution < -0.4 is 0 Å². The van der Waals surface area contributed by atoms with Gasteiger partial charge in [-0.2, -0.15) is 0 Å². The highest BCUT2D eigenvalue weighted by molar-refractivity contribution is 7.21. The first-order valence-electron chi connectivity index (χ1n) is 11.2. The van der Waals surface area contributed by atoms with Crippen LogP contribution in [-0.2, 0) is 6.54 Å². The first-order valence-corrected chi connectivity index (χ1v) is 12.4. The highest BCUT2D eigenvalue weighted by Crippen LogP contribution is 2.36. The second-order valence-electron chi connectivity index (χ2n) is 8.48. The first-order chi connectivity index (χ1) is 14.8. The van der Waals surface area contributed by atoms with E-state index in [1.54, 1.807) is 0 Å². The Morgan fingerprint density at radius 1 is 1.03 bits per heavy atom. The fraction of sp³-hybridized carbons (Fsp3) is 0.423. The molecule has 0 atom stereocenters. The molecule has 0 aliphatic rings. The van der Waals surface area contributed by atoms with Gasteiger partial charge in [-0.3, -0.25) is 4.79 Å². The van der Waals surface area contributed by atoms with E-state index in [1.807, 2.05) is 29.2 Å². The molecule has 3 aromatic rings. The van der Waals surface area contributed by atoms with Gasteiger partial charge in [0.05, 0.1) is 31.2 Å². The number of amides is 1. The molecule has 0 saturated carbocycles. The molecule has 0 N–H and O–H groups in total. The summed E-state index contributed by atoms with van der Waals surface area (Å²) in [6.45, 7) is 16.3. The van der Waals surface area contributed by atoms with Crippen molar-refractivity contribution in [3.05, 3.63) is 69.1 Å². The topological polar surface area (TPSA) is 20.3 Å². The van der Waals surface area contributed by atoms with Crippen molar-refractivity contribution in [3.8, 4) is 0 Å². The zero-order chi connectivity index (χ0) is 22.6. The highest BCUT2D eigenvalue weighted by Gasteiger charge is 2.28. The number of nitrogens with zero attached hydrogens (tertiary/aromatic N) is 2. The van der Waals surface area contributed by atoms with Crippen molar-refractivity contribution < 1.29 is 9.28 Å². The van der Waals surface area contributed by atoms with E-state index in [0.717, 1.165) is 47.3 Å². The summed E-state index contributed by atoms with van der Waals surface area (Å²) < 4.78 is 2.03. The Morgan fingerprint density at radius 3 is 2.26 bits per heavy atom. The van der Waals surface area contributed by atoms with Crippen molar-refractivity contribution in [2.45, 2.75) is 41.2 Å². The van der Waals surface area contributed by atoms with Gasteiger partial charge in [-0.15, -0.1) is 11.3 Å².